The normalized spacial score (nSPS) is 12.3. The number of sulfonamides is 1. The van der Waals surface area contributed by atoms with Crippen LogP contribution in [0.4, 0.5) is 5.69 Å². The Hall–Kier alpha value is -2.87. The molecule has 1 N–H and O–H groups in total. The predicted octanol–water partition coefficient (Wildman–Crippen LogP) is 3.37. The Labute approximate surface area is 171 Å². The molecule has 0 bridgehead atoms. The summed E-state index contributed by atoms with van der Waals surface area (Å²) in [6.07, 6.45) is 0.0371. The summed E-state index contributed by atoms with van der Waals surface area (Å²) in [6.45, 7) is 5.22. The molecule has 0 heterocycles. The summed E-state index contributed by atoms with van der Waals surface area (Å²) in [4.78, 5) is 24.5. The number of hydrogen-bond acceptors (Lipinski definition) is 6. The van der Waals surface area contributed by atoms with Crippen molar-refractivity contribution in [2.45, 2.75) is 32.8 Å². The van der Waals surface area contributed by atoms with Crippen molar-refractivity contribution in [3.8, 4) is 5.75 Å². The monoisotopic (exact) mass is 419 g/mol. The van der Waals surface area contributed by atoms with Gasteiger partial charge in [0.05, 0.1) is 6.26 Å². The molecule has 0 saturated carbocycles. The van der Waals surface area contributed by atoms with E-state index in [1.54, 1.807) is 6.07 Å². The average Bonchev–Trinajstić information content (AvgIpc) is 2.65. The zero-order valence-corrected chi connectivity index (χ0v) is 17.7. The molecule has 2 aromatic carbocycles. The Bertz CT molecular complexity index is 967. The molecule has 0 spiro atoms. The summed E-state index contributed by atoms with van der Waals surface area (Å²) in [6, 6.07) is 13.3. The molecule has 0 saturated heterocycles. The number of hydrogen-bond donors (Lipinski definition) is 1. The largest absolute Gasteiger partial charge is 0.482 e. The average molecular weight is 419 g/mol. The molecule has 1 atom stereocenters. The third-order valence-corrected chi connectivity index (χ3v) is 4.64. The topological polar surface area (TPSA) is 98.8 Å². The van der Waals surface area contributed by atoms with Gasteiger partial charge in [-0.05, 0) is 48.7 Å². The van der Waals surface area contributed by atoms with Crippen LogP contribution in [0.25, 0.3) is 0 Å². The molecule has 0 aliphatic rings. The minimum absolute atomic E-state index is 0.239. The number of ether oxygens (including phenoxy) is 2. The molecule has 8 heteroatoms. The van der Waals surface area contributed by atoms with E-state index in [2.05, 4.69) is 4.72 Å². The van der Waals surface area contributed by atoms with Crippen molar-refractivity contribution in [2.75, 3.05) is 17.6 Å². The van der Waals surface area contributed by atoms with Crippen LogP contribution in [-0.2, 0) is 19.6 Å². The lowest BCUT2D eigenvalue weighted by Gasteiger charge is -2.15. The Balaban J connectivity index is 1.93. The van der Waals surface area contributed by atoms with Crippen LogP contribution in [0.3, 0.4) is 0 Å². The van der Waals surface area contributed by atoms with E-state index in [-0.39, 0.29) is 12.5 Å². The van der Waals surface area contributed by atoms with E-state index in [9.17, 15) is 18.0 Å². The van der Waals surface area contributed by atoms with Crippen LogP contribution in [0, 0.1) is 0 Å². The van der Waals surface area contributed by atoms with Crippen molar-refractivity contribution in [3.63, 3.8) is 0 Å². The number of ketones is 1. The molecule has 0 unspecified atom stereocenters. The van der Waals surface area contributed by atoms with Crippen LogP contribution in [-0.4, -0.2) is 39.1 Å². The number of anilines is 1. The molecule has 7 nitrogen and oxygen atoms in total. The molecular formula is C21H25NO6S. The van der Waals surface area contributed by atoms with Gasteiger partial charge in [0.25, 0.3) is 0 Å². The second-order valence-corrected chi connectivity index (χ2v) is 8.68. The maximum absolute atomic E-state index is 12.4. The van der Waals surface area contributed by atoms with E-state index in [0.717, 1.165) is 11.8 Å². The van der Waals surface area contributed by atoms with Crippen molar-refractivity contribution in [1.29, 1.82) is 0 Å². The van der Waals surface area contributed by atoms with Gasteiger partial charge >= 0.3 is 5.97 Å². The Morgan fingerprint density at radius 3 is 2.21 bits per heavy atom. The fourth-order valence-corrected chi connectivity index (χ4v) is 3.23. The first kappa shape index (κ1) is 22.4. The number of benzene rings is 2. The smallest absolute Gasteiger partial charge is 0.344 e. The van der Waals surface area contributed by atoms with Gasteiger partial charge in [0.1, 0.15) is 5.75 Å². The number of carbonyl (C=O) groups excluding carboxylic acids is 2. The number of carbonyl (C=O) groups is 2. The molecule has 0 aliphatic heterocycles. The maximum atomic E-state index is 12.4. The first-order chi connectivity index (χ1) is 13.6. The number of esters is 1. The standard InChI is InChI=1S/C21H25NO6S/c1-14(2)18-7-5-6-8-19(18)27-13-20(23)28-15(3)21(24)16-9-11-17(12-10-16)22-29(4,25)26/h5-12,14-15,22H,13H2,1-4H3/t15-/m1/s1. The lowest BCUT2D eigenvalue weighted by Crippen LogP contribution is -2.27. The van der Waals surface area contributed by atoms with E-state index in [0.29, 0.717) is 17.0 Å². The number of nitrogens with one attached hydrogen (secondary N) is 1. The minimum atomic E-state index is -3.40. The highest BCUT2D eigenvalue weighted by atomic mass is 32.2. The molecule has 156 valence electrons. The SMILES string of the molecule is CC(C)c1ccccc1OCC(=O)O[C@H](C)C(=O)c1ccc(NS(C)(=O)=O)cc1. The highest BCUT2D eigenvalue weighted by molar-refractivity contribution is 7.92. The zero-order chi connectivity index (χ0) is 21.6. The van der Waals surface area contributed by atoms with Crippen LogP contribution >= 0.6 is 0 Å². The molecule has 0 amide bonds. The number of para-hydroxylation sites is 1. The van der Waals surface area contributed by atoms with Gasteiger partial charge in [-0.15, -0.1) is 0 Å². The van der Waals surface area contributed by atoms with Gasteiger partial charge < -0.3 is 9.47 Å². The lowest BCUT2D eigenvalue weighted by molar-refractivity contribution is -0.148. The second-order valence-electron chi connectivity index (χ2n) is 6.93. The molecule has 2 rings (SSSR count). The lowest BCUT2D eigenvalue weighted by atomic mass is 10.0. The molecule has 0 aliphatic carbocycles. The first-order valence-corrected chi connectivity index (χ1v) is 11.0. The van der Waals surface area contributed by atoms with Gasteiger partial charge in [-0.3, -0.25) is 9.52 Å². The predicted molar refractivity (Wildman–Crippen MR) is 111 cm³/mol. The van der Waals surface area contributed by atoms with Gasteiger partial charge in [-0.2, -0.15) is 0 Å². The quantitative estimate of drug-likeness (QED) is 0.494. The van der Waals surface area contributed by atoms with Gasteiger partial charge in [-0.1, -0.05) is 32.0 Å². The van der Waals surface area contributed by atoms with Crippen molar-refractivity contribution in [1.82, 2.24) is 0 Å². The van der Waals surface area contributed by atoms with Crippen molar-refractivity contribution in [3.05, 3.63) is 59.7 Å². The minimum Gasteiger partial charge on any atom is -0.482 e. The number of Topliss-reactive ketones (excluding diaryl/α,β-unsaturated/α-hetero) is 1. The highest BCUT2D eigenvalue weighted by Crippen LogP contribution is 2.25. The van der Waals surface area contributed by atoms with E-state index < -0.39 is 27.9 Å². The molecule has 0 fully saturated rings. The Kier molecular flexibility index (Phi) is 7.39. The van der Waals surface area contributed by atoms with Crippen molar-refractivity contribution in [2.24, 2.45) is 0 Å². The van der Waals surface area contributed by atoms with Crippen molar-refractivity contribution < 1.29 is 27.5 Å². The molecular weight excluding hydrogens is 394 g/mol. The zero-order valence-electron chi connectivity index (χ0n) is 16.8. The fourth-order valence-electron chi connectivity index (χ4n) is 2.66. The van der Waals surface area contributed by atoms with Crippen molar-refractivity contribution >= 4 is 27.5 Å². The van der Waals surface area contributed by atoms with E-state index in [4.69, 9.17) is 9.47 Å². The third-order valence-electron chi connectivity index (χ3n) is 4.04. The molecule has 2 aromatic rings. The van der Waals surface area contributed by atoms with E-state index in [1.807, 2.05) is 32.0 Å². The van der Waals surface area contributed by atoms with Gasteiger partial charge in [-0.25, -0.2) is 13.2 Å². The summed E-state index contributed by atoms with van der Waals surface area (Å²) in [5, 5.41) is 0. The van der Waals surface area contributed by atoms with Crippen LogP contribution in [0.15, 0.2) is 48.5 Å². The van der Waals surface area contributed by atoms with Crippen LogP contribution in [0.2, 0.25) is 0 Å². The molecule has 29 heavy (non-hydrogen) atoms. The van der Waals surface area contributed by atoms with Gasteiger partial charge in [0, 0.05) is 11.3 Å². The van der Waals surface area contributed by atoms with Crippen LogP contribution in [0.5, 0.6) is 5.75 Å². The maximum Gasteiger partial charge on any atom is 0.344 e. The summed E-state index contributed by atoms with van der Waals surface area (Å²) < 4.78 is 35.5. The summed E-state index contributed by atoms with van der Waals surface area (Å²) in [5.74, 6) is -0.207. The van der Waals surface area contributed by atoms with E-state index >= 15 is 0 Å². The number of rotatable bonds is 9. The molecule has 0 aromatic heterocycles. The fraction of sp³-hybridized carbons (Fsp3) is 0.333. The van der Waals surface area contributed by atoms with Gasteiger partial charge in [0.15, 0.2) is 12.7 Å². The summed E-state index contributed by atoms with van der Waals surface area (Å²) >= 11 is 0. The Morgan fingerprint density at radius 1 is 1.00 bits per heavy atom. The highest BCUT2D eigenvalue weighted by Gasteiger charge is 2.20. The summed E-state index contributed by atoms with van der Waals surface area (Å²) in [5.41, 5.74) is 1.62. The van der Waals surface area contributed by atoms with E-state index in [1.165, 1.54) is 31.2 Å². The Morgan fingerprint density at radius 2 is 1.62 bits per heavy atom. The molecule has 0 radical (unpaired) electrons. The van der Waals surface area contributed by atoms with Crippen LogP contribution < -0.4 is 9.46 Å². The van der Waals surface area contributed by atoms with Gasteiger partial charge in [0.2, 0.25) is 15.8 Å². The summed E-state index contributed by atoms with van der Waals surface area (Å²) in [7, 11) is -3.40. The first-order valence-electron chi connectivity index (χ1n) is 9.10. The van der Waals surface area contributed by atoms with Crippen LogP contribution in [0.1, 0.15) is 42.6 Å². The second kappa shape index (κ2) is 9.56. The third kappa shape index (κ3) is 6.90.